The SMILES string of the molecule is CCCCCCCCCCCCCCCCCCCCCCCCCCCCCCCC(O)C(=O)NC(CO)C(O)CCCCCCCCCCCCCCCCC. The number of nitrogens with one attached hydrogen (secondary N) is 1. The van der Waals surface area contributed by atoms with Crippen molar-refractivity contribution in [3.8, 4) is 0 Å². The first-order chi connectivity index (χ1) is 28.6. The molecule has 0 rings (SSSR count). The van der Waals surface area contributed by atoms with Crippen LogP contribution in [0.1, 0.15) is 309 Å². The van der Waals surface area contributed by atoms with E-state index >= 15 is 0 Å². The first-order valence-electron chi connectivity index (χ1n) is 26.8. The number of aliphatic hydroxyl groups is 3. The van der Waals surface area contributed by atoms with E-state index in [1.54, 1.807) is 0 Å². The molecule has 0 saturated heterocycles. The Labute approximate surface area is 364 Å². The molecule has 0 bridgehead atoms. The normalized spacial score (nSPS) is 13.3. The number of aliphatic hydroxyl groups excluding tert-OH is 3. The van der Waals surface area contributed by atoms with E-state index in [0.717, 1.165) is 32.1 Å². The fourth-order valence-electron chi connectivity index (χ4n) is 8.78. The van der Waals surface area contributed by atoms with E-state index in [4.69, 9.17) is 0 Å². The third-order valence-electron chi connectivity index (χ3n) is 13.0. The van der Waals surface area contributed by atoms with E-state index in [-0.39, 0.29) is 6.61 Å². The Morgan fingerprint density at radius 3 is 0.776 bits per heavy atom. The van der Waals surface area contributed by atoms with Crippen LogP contribution in [-0.4, -0.2) is 46.1 Å². The molecule has 0 aromatic carbocycles. The molecule has 3 unspecified atom stereocenters. The van der Waals surface area contributed by atoms with Gasteiger partial charge in [-0.1, -0.05) is 296 Å². The van der Waals surface area contributed by atoms with Gasteiger partial charge in [0.25, 0.3) is 0 Å². The van der Waals surface area contributed by atoms with Crippen LogP contribution in [0, 0.1) is 0 Å². The van der Waals surface area contributed by atoms with E-state index < -0.39 is 24.2 Å². The number of rotatable bonds is 50. The fourth-order valence-corrected chi connectivity index (χ4v) is 8.78. The maximum atomic E-state index is 12.5. The average molecular weight is 822 g/mol. The molecule has 0 heterocycles. The summed E-state index contributed by atoms with van der Waals surface area (Å²) in [6.45, 7) is 4.27. The quantitative estimate of drug-likeness (QED) is 0.0460. The number of hydrogen-bond donors (Lipinski definition) is 4. The van der Waals surface area contributed by atoms with Crippen LogP contribution < -0.4 is 5.32 Å². The highest BCUT2D eigenvalue weighted by atomic mass is 16.3. The highest BCUT2D eigenvalue weighted by Crippen LogP contribution is 2.18. The van der Waals surface area contributed by atoms with Crippen LogP contribution in [0.2, 0.25) is 0 Å². The molecule has 4 N–H and O–H groups in total. The molecule has 348 valence electrons. The third-order valence-corrected chi connectivity index (χ3v) is 13.0. The van der Waals surface area contributed by atoms with Gasteiger partial charge in [0, 0.05) is 0 Å². The van der Waals surface area contributed by atoms with Gasteiger partial charge in [-0.15, -0.1) is 0 Å². The molecule has 0 aliphatic heterocycles. The molecule has 1 amide bonds. The van der Waals surface area contributed by atoms with E-state index in [1.165, 1.54) is 250 Å². The summed E-state index contributed by atoms with van der Waals surface area (Å²) in [6.07, 6.45) is 58.6. The first-order valence-corrected chi connectivity index (χ1v) is 26.8. The van der Waals surface area contributed by atoms with Gasteiger partial charge < -0.3 is 20.6 Å². The average Bonchev–Trinajstić information content (AvgIpc) is 3.23. The van der Waals surface area contributed by atoms with Crippen molar-refractivity contribution in [2.75, 3.05) is 6.61 Å². The summed E-state index contributed by atoms with van der Waals surface area (Å²) in [4.78, 5) is 12.5. The molecule has 58 heavy (non-hydrogen) atoms. The van der Waals surface area contributed by atoms with Crippen LogP contribution in [0.5, 0.6) is 0 Å². The van der Waals surface area contributed by atoms with Gasteiger partial charge in [-0.2, -0.15) is 0 Å². The van der Waals surface area contributed by atoms with E-state index in [0.29, 0.717) is 12.8 Å². The summed E-state index contributed by atoms with van der Waals surface area (Å²) in [6, 6.07) is -0.706. The monoisotopic (exact) mass is 822 g/mol. The Balaban J connectivity index is 3.46. The molecule has 0 radical (unpaired) electrons. The molecule has 5 heteroatoms. The molecule has 0 aliphatic rings. The second-order valence-corrected chi connectivity index (χ2v) is 18.8. The Kier molecular flexibility index (Phi) is 48.5. The predicted octanol–water partition coefficient (Wildman–Crippen LogP) is 16.2. The molecule has 0 saturated carbocycles. The summed E-state index contributed by atoms with van der Waals surface area (Å²) < 4.78 is 0. The molecule has 0 aromatic heterocycles. The highest BCUT2D eigenvalue weighted by molar-refractivity contribution is 5.80. The minimum Gasteiger partial charge on any atom is -0.394 e. The molecule has 0 fully saturated rings. The van der Waals surface area contributed by atoms with Crippen LogP contribution in [0.3, 0.4) is 0 Å². The number of carbonyl (C=O) groups excluding carboxylic acids is 1. The van der Waals surface area contributed by atoms with Crippen molar-refractivity contribution in [1.29, 1.82) is 0 Å². The Morgan fingerprint density at radius 1 is 0.345 bits per heavy atom. The number of unbranched alkanes of at least 4 members (excludes halogenated alkanes) is 42. The van der Waals surface area contributed by atoms with Crippen LogP contribution in [0.15, 0.2) is 0 Å². The van der Waals surface area contributed by atoms with Gasteiger partial charge in [0.2, 0.25) is 5.91 Å². The maximum absolute atomic E-state index is 12.5. The largest absolute Gasteiger partial charge is 0.394 e. The van der Waals surface area contributed by atoms with Gasteiger partial charge >= 0.3 is 0 Å². The van der Waals surface area contributed by atoms with Crippen LogP contribution in [0.4, 0.5) is 0 Å². The molecular formula is C53H107NO4. The predicted molar refractivity (Wildman–Crippen MR) is 255 cm³/mol. The zero-order valence-electron chi connectivity index (χ0n) is 39.7. The standard InChI is InChI=1S/C53H107NO4/c1-3-5-7-9-11-13-15-17-19-20-21-22-23-24-25-26-27-28-29-30-31-32-34-36-38-40-42-44-46-48-52(57)53(58)54-50(49-55)51(56)47-45-43-41-39-37-35-33-18-16-14-12-10-8-6-4-2/h50-52,55-57H,3-49H2,1-2H3,(H,54,58). The minimum atomic E-state index is -1.07. The lowest BCUT2D eigenvalue weighted by Gasteiger charge is -2.23. The number of carbonyl (C=O) groups is 1. The second kappa shape index (κ2) is 49.0. The summed E-state index contributed by atoms with van der Waals surface area (Å²) in [5.74, 6) is -0.463. The summed E-state index contributed by atoms with van der Waals surface area (Å²) >= 11 is 0. The van der Waals surface area contributed by atoms with Crippen molar-refractivity contribution in [1.82, 2.24) is 5.32 Å². The molecule has 0 aromatic rings. The van der Waals surface area contributed by atoms with Crippen molar-refractivity contribution in [3.63, 3.8) is 0 Å². The van der Waals surface area contributed by atoms with Crippen LogP contribution >= 0.6 is 0 Å². The van der Waals surface area contributed by atoms with Crippen LogP contribution in [0.25, 0.3) is 0 Å². The number of hydrogen-bond acceptors (Lipinski definition) is 4. The summed E-state index contributed by atoms with van der Waals surface area (Å²) in [5, 5.41) is 33.5. The van der Waals surface area contributed by atoms with E-state index in [2.05, 4.69) is 19.2 Å². The first kappa shape index (κ1) is 57.3. The zero-order valence-corrected chi connectivity index (χ0v) is 39.7. The van der Waals surface area contributed by atoms with Crippen molar-refractivity contribution in [2.24, 2.45) is 0 Å². The highest BCUT2D eigenvalue weighted by Gasteiger charge is 2.23. The molecule has 5 nitrogen and oxygen atoms in total. The van der Waals surface area contributed by atoms with Crippen molar-refractivity contribution in [2.45, 2.75) is 327 Å². The molecule has 0 spiro atoms. The van der Waals surface area contributed by atoms with Gasteiger partial charge in [0.15, 0.2) is 0 Å². The van der Waals surface area contributed by atoms with Gasteiger partial charge in [0.05, 0.1) is 18.8 Å². The zero-order chi connectivity index (χ0) is 42.3. The lowest BCUT2D eigenvalue weighted by molar-refractivity contribution is -0.131. The van der Waals surface area contributed by atoms with Crippen molar-refractivity contribution < 1.29 is 20.1 Å². The number of amides is 1. The fraction of sp³-hybridized carbons (Fsp3) is 0.981. The topological polar surface area (TPSA) is 89.8 Å². The van der Waals surface area contributed by atoms with Crippen molar-refractivity contribution >= 4 is 5.91 Å². The molecular weight excluding hydrogens is 715 g/mol. The van der Waals surface area contributed by atoms with Gasteiger partial charge in [-0.25, -0.2) is 0 Å². The lowest BCUT2D eigenvalue weighted by atomic mass is 10.0. The Hall–Kier alpha value is -0.650. The lowest BCUT2D eigenvalue weighted by Crippen LogP contribution is -2.49. The summed E-state index contributed by atoms with van der Waals surface area (Å²) in [7, 11) is 0. The maximum Gasteiger partial charge on any atom is 0.249 e. The Bertz CT molecular complexity index is 777. The van der Waals surface area contributed by atoms with Crippen LogP contribution in [-0.2, 0) is 4.79 Å². The molecule has 0 aliphatic carbocycles. The smallest absolute Gasteiger partial charge is 0.249 e. The Morgan fingerprint density at radius 2 is 0.552 bits per heavy atom. The van der Waals surface area contributed by atoms with E-state index in [1.807, 2.05) is 0 Å². The van der Waals surface area contributed by atoms with Gasteiger partial charge in [-0.3, -0.25) is 4.79 Å². The van der Waals surface area contributed by atoms with Gasteiger partial charge in [0.1, 0.15) is 6.10 Å². The van der Waals surface area contributed by atoms with E-state index in [9.17, 15) is 20.1 Å². The van der Waals surface area contributed by atoms with Crippen molar-refractivity contribution in [3.05, 3.63) is 0 Å². The summed E-state index contributed by atoms with van der Waals surface area (Å²) in [5.41, 5.74) is 0. The minimum absolute atomic E-state index is 0.308. The van der Waals surface area contributed by atoms with Gasteiger partial charge in [-0.05, 0) is 12.8 Å². The second-order valence-electron chi connectivity index (χ2n) is 18.8. The third kappa shape index (κ3) is 43.4. The molecule has 3 atom stereocenters.